The minimum absolute atomic E-state index is 0.247. The molecule has 3 amide bonds. The average Bonchev–Trinajstić information content (AvgIpc) is 2.77. The lowest BCUT2D eigenvalue weighted by atomic mass is 9.82. The maximum atomic E-state index is 12.6. The van der Waals surface area contributed by atoms with Crippen molar-refractivity contribution in [3.63, 3.8) is 0 Å². The third-order valence-corrected chi connectivity index (χ3v) is 4.30. The summed E-state index contributed by atoms with van der Waals surface area (Å²) in [7, 11) is 1.57. The molecule has 1 saturated carbocycles. The molecule has 1 heterocycles. The van der Waals surface area contributed by atoms with Gasteiger partial charge in [0, 0.05) is 5.56 Å². The molecule has 2 aliphatic rings. The molecule has 1 aliphatic heterocycles. The lowest BCUT2D eigenvalue weighted by Crippen LogP contribution is -2.48. The van der Waals surface area contributed by atoms with Gasteiger partial charge in [-0.05, 0) is 25.0 Å². The molecule has 1 spiro atoms. The van der Waals surface area contributed by atoms with Gasteiger partial charge in [0.1, 0.15) is 11.3 Å². The fraction of sp³-hybridized carbons (Fsp3) is 0.438. The van der Waals surface area contributed by atoms with Crippen LogP contribution in [0.5, 0.6) is 5.75 Å². The van der Waals surface area contributed by atoms with Gasteiger partial charge in [-0.2, -0.15) is 5.10 Å². The second kappa shape index (κ2) is 5.79. The number of hydrazone groups is 1. The van der Waals surface area contributed by atoms with Crippen molar-refractivity contribution < 1.29 is 14.3 Å². The number of ether oxygens (including phenoxy) is 1. The lowest BCUT2D eigenvalue weighted by molar-refractivity contribution is -0.132. The van der Waals surface area contributed by atoms with Crippen LogP contribution in [0, 0.1) is 0 Å². The molecule has 6 nitrogen and oxygen atoms in total. The van der Waals surface area contributed by atoms with Gasteiger partial charge >= 0.3 is 6.03 Å². The number of carbonyl (C=O) groups is 2. The standard InChI is InChI=1S/C16H19N3O3/c1-22-13-8-4-3-7-12(13)11-17-19-14(20)16(18-15(19)21)9-5-2-6-10-16/h3-4,7-8,11H,2,5-6,9-10H2,1H3,(H,18,21)/b17-11-. The van der Waals surface area contributed by atoms with Gasteiger partial charge in [0.15, 0.2) is 0 Å². The Morgan fingerprint density at radius 3 is 2.68 bits per heavy atom. The summed E-state index contributed by atoms with van der Waals surface area (Å²) in [4.78, 5) is 24.6. The Balaban J connectivity index is 1.81. The zero-order chi connectivity index (χ0) is 15.6. The van der Waals surface area contributed by atoms with E-state index in [9.17, 15) is 9.59 Å². The molecule has 6 heteroatoms. The smallest absolute Gasteiger partial charge is 0.346 e. The average molecular weight is 301 g/mol. The first-order valence-electron chi connectivity index (χ1n) is 7.50. The van der Waals surface area contributed by atoms with E-state index in [2.05, 4.69) is 10.4 Å². The number of rotatable bonds is 3. The maximum absolute atomic E-state index is 12.6. The first-order valence-corrected chi connectivity index (χ1v) is 7.50. The normalized spacial score (nSPS) is 20.7. The van der Waals surface area contributed by atoms with Crippen molar-refractivity contribution in [2.75, 3.05) is 7.11 Å². The fourth-order valence-corrected chi connectivity index (χ4v) is 3.10. The molecule has 1 N–H and O–H groups in total. The summed E-state index contributed by atoms with van der Waals surface area (Å²) in [6, 6.07) is 6.87. The summed E-state index contributed by atoms with van der Waals surface area (Å²) in [5, 5.41) is 7.85. The summed E-state index contributed by atoms with van der Waals surface area (Å²) < 4.78 is 5.23. The number of methoxy groups -OCH3 is 1. The van der Waals surface area contributed by atoms with Gasteiger partial charge in [-0.3, -0.25) is 4.79 Å². The van der Waals surface area contributed by atoms with Crippen molar-refractivity contribution in [2.45, 2.75) is 37.6 Å². The molecule has 0 radical (unpaired) electrons. The van der Waals surface area contributed by atoms with Crippen LogP contribution in [0.3, 0.4) is 0 Å². The van der Waals surface area contributed by atoms with Gasteiger partial charge in [0.2, 0.25) is 0 Å². The highest BCUT2D eigenvalue weighted by Crippen LogP contribution is 2.33. The number of amides is 3. The van der Waals surface area contributed by atoms with E-state index in [-0.39, 0.29) is 5.91 Å². The van der Waals surface area contributed by atoms with Crippen LogP contribution in [0.25, 0.3) is 0 Å². The van der Waals surface area contributed by atoms with E-state index in [1.165, 1.54) is 6.21 Å². The minimum atomic E-state index is -0.743. The first kappa shape index (κ1) is 14.6. The summed E-state index contributed by atoms with van der Waals surface area (Å²) >= 11 is 0. The SMILES string of the molecule is COc1ccccc1/C=N\N1C(=O)NC2(CCCCC2)C1=O. The highest BCUT2D eigenvalue weighted by molar-refractivity contribution is 6.07. The number of hydrogen-bond donors (Lipinski definition) is 1. The number of nitrogens with one attached hydrogen (secondary N) is 1. The number of benzene rings is 1. The van der Waals surface area contributed by atoms with E-state index in [1.807, 2.05) is 18.2 Å². The molecule has 1 saturated heterocycles. The molecular weight excluding hydrogens is 282 g/mol. The van der Waals surface area contributed by atoms with Gasteiger partial charge in [-0.25, -0.2) is 4.79 Å². The van der Waals surface area contributed by atoms with Crippen molar-refractivity contribution in [3.8, 4) is 5.75 Å². The van der Waals surface area contributed by atoms with Gasteiger partial charge in [0.25, 0.3) is 5.91 Å². The number of carbonyl (C=O) groups excluding carboxylic acids is 2. The Morgan fingerprint density at radius 1 is 1.23 bits per heavy atom. The van der Waals surface area contributed by atoms with E-state index < -0.39 is 11.6 Å². The molecule has 22 heavy (non-hydrogen) atoms. The van der Waals surface area contributed by atoms with Crippen LogP contribution < -0.4 is 10.1 Å². The third kappa shape index (κ3) is 2.45. The van der Waals surface area contributed by atoms with Gasteiger partial charge in [-0.1, -0.05) is 31.4 Å². The lowest BCUT2D eigenvalue weighted by Gasteiger charge is -2.29. The predicted octanol–water partition coefficient (Wildman–Crippen LogP) is 2.28. The Labute approximate surface area is 129 Å². The number of hydrogen-bond acceptors (Lipinski definition) is 4. The number of imide groups is 1. The number of para-hydroxylation sites is 1. The van der Waals surface area contributed by atoms with Crippen LogP contribution in [0.15, 0.2) is 29.4 Å². The predicted molar refractivity (Wildman–Crippen MR) is 81.8 cm³/mol. The van der Waals surface area contributed by atoms with Crippen LogP contribution in [-0.2, 0) is 4.79 Å². The summed E-state index contributed by atoms with van der Waals surface area (Å²) in [5.74, 6) is 0.397. The summed E-state index contributed by atoms with van der Waals surface area (Å²) in [6.45, 7) is 0. The third-order valence-electron chi connectivity index (χ3n) is 4.30. The van der Waals surface area contributed by atoms with Crippen molar-refractivity contribution in [1.82, 2.24) is 10.3 Å². The van der Waals surface area contributed by atoms with Crippen LogP contribution in [-0.4, -0.2) is 35.8 Å². The molecule has 116 valence electrons. The van der Waals surface area contributed by atoms with E-state index in [1.54, 1.807) is 13.2 Å². The molecule has 1 aromatic carbocycles. The highest BCUT2D eigenvalue weighted by Gasteiger charge is 2.51. The topological polar surface area (TPSA) is 71.0 Å². The van der Waals surface area contributed by atoms with Crippen LogP contribution >= 0.6 is 0 Å². The van der Waals surface area contributed by atoms with Crippen molar-refractivity contribution in [2.24, 2.45) is 5.10 Å². The Morgan fingerprint density at radius 2 is 1.95 bits per heavy atom. The van der Waals surface area contributed by atoms with Gasteiger partial charge < -0.3 is 10.1 Å². The monoisotopic (exact) mass is 301 g/mol. The number of urea groups is 1. The molecule has 2 fully saturated rings. The van der Waals surface area contributed by atoms with E-state index >= 15 is 0 Å². The number of nitrogens with zero attached hydrogens (tertiary/aromatic N) is 2. The van der Waals surface area contributed by atoms with E-state index in [0.717, 1.165) is 29.8 Å². The van der Waals surface area contributed by atoms with E-state index in [0.29, 0.717) is 18.6 Å². The molecule has 0 unspecified atom stereocenters. The summed E-state index contributed by atoms with van der Waals surface area (Å²) in [6.07, 6.45) is 5.89. The fourth-order valence-electron chi connectivity index (χ4n) is 3.10. The second-order valence-electron chi connectivity index (χ2n) is 5.68. The second-order valence-corrected chi connectivity index (χ2v) is 5.68. The zero-order valence-corrected chi connectivity index (χ0v) is 12.5. The molecule has 0 bridgehead atoms. The van der Waals surface area contributed by atoms with E-state index in [4.69, 9.17) is 4.74 Å². The Hall–Kier alpha value is -2.37. The minimum Gasteiger partial charge on any atom is -0.496 e. The van der Waals surface area contributed by atoms with Gasteiger partial charge in [0.05, 0.1) is 13.3 Å². The molecule has 1 aliphatic carbocycles. The van der Waals surface area contributed by atoms with Crippen LogP contribution in [0.2, 0.25) is 0 Å². The van der Waals surface area contributed by atoms with Gasteiger partial charge in [-0.15, -0.1) is 5.01 Å². The zero-order valence-electron chi connectivity index (χ0n) is 12.5. The molecular formula is C16H19N3O3. The summed E-state index contributed by atoms with van der Waals surface area (Å²) in [5.41, 5.74) is -0.0248. The van der Waals surface area contributed by atoms with Crippen molar-refractivity contribution >= 4 is 18.2 Å². The molecule has 1 aromatic rings. The molecule has 3 rings (SSSR count). The largest absolute Gasteiger partial charge is 0.496 e. The van der Waals surface area contributed by atoms with Crippen molar-refractivity contribution in [3.05, 3.63) is 29.8 Å². The Kier molecular flexibility index (Phi) is 3.83. The van der Waals surface area contributed by atoms with Crippen LogP contribution in [0.4, 0.5) is 4.79 Å². The Bertz CT molecular complexity index is 621. The quantitative estimate of drug-likeness (QED) is 0.688. The maximum Gasteiger partial charge on any atom is 0.346 e. The first-order chi connectivity index (χ1) is 10.7. The highest BCUT2D eigenvalue weighted by atomic mass is 16.5. The molecule has 0 aromatic heterocycles. The van der Waals surface area contributed by atoms with Crippen LogP contribution in [0.1, 0.15) is 37.7 Å². The molecule has 0 atom stereocenters. The van der Waals surface area contributed by atoms with Crippen molar-refractivity contribution in [1.29, 1.82) is 0 Å².